The molecule has 0 bridgehead atoms. The Labute approximate surface area is 112 Å². The number of halogens is 1. The van der Waals surface area contributed by atoms with Gasteiger partial charge >= 0.3 is 0 Å². The summed E-state index contributed by atoms with van der Waals surface area (Å²) in [5, 5.41) is 8.81. The molecule has 0 aromatic carbocycles. The minimum Gasteiger partial charge on any atom is -0.383 e. The Kier molecular flexibility index (Phi) is 2.87. The highest BCUT2D eigenvalue weighted by atomic mass is 127. The molecule has 3 rings (SSSR count). The van der Waals surface area contributed by atoms with Crippen molar-refractivity contribution in [1.82, 2.24) is 25.1 Å². The number of nitrogens with two attached hydrogens (primary N) is 1. The Morgan fingerprint density at radius 1 is 1.47 bits per heavy atom. The maximum Gasteiger partial charge on any atom is 0.164 e. The first-order valence-electron chi connectivity index (χ1n) is 5.62. The van der Waals surface area contributed by atoms with E-state index in [0.717, 1.165) is 34.2 Å². The molecule has 90 valence electrons. The van der Waals surface area contributed by atoms with Crippen molar-refractivity contribution in [3.8, 4) is 0 Å². The smallest absolute Gasteiger partial charge is 0.164 e. The molecule has 0 spiro atoms. The third kappa shape index (κ3) is 1.86. The molecule has 3 N–H and O–H groups in total. The number of hydrogen-bond acceptors (Lipinski definition) is 5. The zero-order valence-electron chi connectivity index (χ0n) is 9.23. The average molecular weight is 344 g/mol. The van der Waals surface area contributed by atoms with Crippen molar-refractivity contribution < 1.29 is 0 Å². The number of nitrogen functional groups attached to an aromatic ring is 1. The molecule has 17 heavy (non-hydrogen) atoms. The van der Waals surface area contributed by atoms with Gasteiger partial charge in [-0.15, -0.1) is 0 Å². The lowest BCUT2D eigenvalue weighted by atomic mass is 10.1. The highest BCUT2D eigenvalue weighted by molar-refractivity contribution is 14.1. The standard InChI is InChI=1S/C10H13IN6/c11-8-7-9(12)14-5-15-10(7)17(16-8)6-2-1-3-13-4-6/h5-6,13H,1-4H2,(H2,12,14,15)/t6-/m0/s1. The molecule has 2 aromatic heterocycles. The molecule has 1 fully saturated rings. The number of piperidine rings is 1. The first kappa shape index (κ1) is 11.1. The summed E-state index contributed by atoms with van der Waals surface area (Å²) in [6, 6.07) is 0.365. The minimum absolute atomic E-state index is 0.365. The van der Waals surface area contributed by atoms with E-state index in [-0.39, 0.29) is 0 Å². The average Bonchev–Trinajstić information content (AvgIpc) is 2.69. The normalized spacial score (nSPS) is 20.9. The fourth-order valence-electron chi connectivity index (χ4n) is 2.25. The Balaban J connectivity index is 2.13. The van der Waals surface area contributed by atoms with Crippen LogP contribution in [-0.4, -0.2) is 32.8 Å². The first-order valence-corrected chi connectivity index (χ1v) is 6.70. The van der Waals surface area contributed by atoms with E-state index in [9.17, 15) is 0 Å². The van der Waals surface area contributed by atoms with Crippen LogP contribution in [0.1, 0.15) is 18.9 Å². The van der Waals surface area contributed by atoms with Crippen molar-refractivity contribution in [3.05, 3.63) is 10.0 Å². The van der Waals surface area contributed by atoms with Crippen LogP contribution in [-0.2, 0) is 0 Å². The Morgan fingerprint density at radius 3 is 3.12 bits per heavy atom. The highest BCUT2D eigenvalue weighted by Crippen LogP contribution is 2.27. The van der Waals surface area contributed by atoms with E-state index in [1.54, 1.807) is 0 Å². The van der Waals surface area contributed by atoms with Crippen molar-refractivity contribution in [1.29, 1.82) is 0 Å². The zero-order chi connectivity index (χ0) is 11.8. The Bertz CT molecular complexity index is 545. The van der Waals surface area contributed by atoms with Gasteiger partial charge in [-0.2, -0.15) is 5.10 Å². The maximum atomic E-state index is 5.88. The van der Waals surface area contributed by atoms with Crippen molar-refractivity contribution in [2.24, 2.45) is 0 Å². The number of anilines is 1. The van der Waals surface area contributed by atoms with E-state index in [0.29, 0.717) is 11.9 Å². The molecule has 7 heteroatoms. The summed E-state index contributed by atoms with van der Waals surface area (Å²) in [5.41, 5.74) is 6.72. The zero-order valence-corrected chi connectivity index (χ0v) is 11.4. The molecule has 1 saturated heterocycles. The summed E-state index contributed by atoms with van der Waals surface area (Å²) >= 11 is 2.19. The second-order valence-electron chi connectivity index (χ2n) is 4.19. The second-order valence-corrected chi connectivity index (χ2v) is 5.21. The third-order valence-corrected chi connectivity index (χ3v) is 3.85. The Morgan fingerprint density at radius 2 is 2.35 bits per heavy atom. The van der Waals surface area contributed by atoms with Crippen LogP contribution in [0, 0.1) is 3.70 Å². The van der Waals surface area contributed by atoms with E-state index < -0.39 is 0 Å². The first-order chi connectivity index (χ1) is 8.27. The van der Waals surface area contributed by atoms with E-state index in [1.165, 1.54) is 12.7 Å². The molecule has 2 aromatic rings. The van der Waals surface area contributed by atoms with Crippen LogP contribution in [0.2, 0.25) is 0 Å². The van der Waals surface area contributed by atoms with Gasteiger partial charge in [-0.05, 0) is 42.0 Å². The molecule has 0 unspecified atom stereocenters. The summed E-state index contributed by atoms with van der Waals surface area (Å²) in [7, 11) is 0. The topological polar surface area (TPSA) is 81.7 Å². The van der Waals surface area contributed by atoms with Crippen LogP contribution in [0.3, 0.4) is 0 Å². The summed E-state index contributed by atoms with van der Waals surface area (Å²) in [4.78, 5) is 8.33. The number of rotatable bonds is 1. The molecule has 1 aliphatic heterocycles. The van der Waals surface area contributed by atoms with Crippen molar-refractivity contribution >= 4 is 39.4 Å². The lowest BCUT2D eigenvalue weighted by Crippen LogP contribution is -2.32. The molecule has 0 radical (unpaired) electrons. The second kappa shape index (κ2) is 4.37. The lowest BCUT2D eigenvalue weighted by Gasteiger charge is -2.23. The van der Waals surface area contributed by atoms with E-state index in [4.69, 9.17) is 5.73 Å². The summed E-state index contributed by atoms with van der Waals surface area (Å²) in [6.07, 6.45) is 3.80. The van der Waals surface area contributed by atoms with Crippen molar-refractivity contribution in [2.75, 3.05) is 18.8 Å². The van der Waals surface area contributed by atoms with Gasteiger partial charge in [0.2, 0.25) is 0 Å². The van der Waals surface area contributed by atoms with Gasteiger partial charge in [0.15, 0.2) is 5.65 Å². The van der Waals surface area contributed by atoms with Gasteiger partial charge in [-0.1, -0.05) is 0 Å². The minimum atomic E-state index is 0.365. The van der Waals surface area contributed by atoms with Crippen molar-refractivity contribution in [3.63, 3.8) is 0 Å². The summed E-state index contributed by atoms with van der Waals surface area (Å²) in [6.45, 7) is 2.03. The van der Waals surface area contributed by atoms with Gasteiger partial charge in [0.25, 0.3) is 0 Å². The highest BCUT2D eigenvalue weighted by Gasteiger charge is 2.21. The van der Waals surface area contributed by atoms with E-state index in [1.807, 2.05) is 4.68 Å². The predicted molar refractivity (Wildman–Crippen MR) is 73.6 cm³/mol. The fourth-order valence-corrected chi connectivity index (χ4v) is 3.00. The quantitative estimate of drug-likeness (QED) is 0.753. The van der Waals surface area contributed by atoms with Gasteiger partial charge < -0.3 is 11.1 Å². The number of fused-ring (bicyclic) bond motifs is 1. The molecule has 0 aliphatic carbocycles. The Hall–Kier alpha value is -0.960. The monoisotopic (exact) mass is 344 g/mol. The number of nitrogens with one attached hydrogen (secondary N) is 1. The number of nitrogens with zero attached hydrogens (tertiary/aromatic N) is 4. The summed E-state index contributed by atoms with van der Waals surface area (Å²) in [5.74, 6) is 0.509. The molecule has 6 nitrogen and oxygen atoms in total. The molecule has 3 heterocycles. The van der Waals surface area contributed by atoms with Crippen LogP contribution in [0.5, 0.6) is 0 Å². The third-order valence-electron chi connectivity index (χ3n) is 3.09. The van der Waals surface area contributed by atoms with E-state index >= 15 is 0 Å². The molecular formula is C10H13IN6. The fraction of sp³-hybridized carbons (Fsp3) is 0.500. The van der Waals surface area contributed by atoms with Crippen LogP contribution in [0.4, 0.5) is 5.82 Å². The number of hydrogen-bond donors (Lipinski definition) is 2. The predicted octanol–water partition coefficient (Wildman–Crippen LogP) is 0.938. The molecule has 1 atom stereocenters. The van der Waals surface area contributed by atoms with Crippen LogP contribution in [0.15, 0.2) is 6.33 Å². The van der Waals surface area contributed by atoms with Gasteiger partial charge in [-0.25, -0.2) is 14.6 Å². The molecule has 0 saturated carbocycles. The van der Waals surface area contributed by atoms with Crippen molar-refractivity contribution in [2.45, 2.75) is 18.9 Å². The van der Waals surface area contributed by atoms with Gasteiger partial charge in [0.1, 0.15) is 15.8 Å². The summed E-state index contributed by atoms with van der Waals surface area (Å²) < 4.78 is 2.86. The lowest BCUT2D eigenvalue weighted by molar-refractivity contribution is 0.352. The van der Waals surface area contributed by atoms with Crippen LogP contribution >= 0.6 is 22.6 Å². The van der Waals surface area contributed by atoms with Crippen LogP contribution in [0.25, 0.3) is 11.0 Å². The largest absolute Gasteiger partial charge is 0.383 e. The van der Waals surface area contributed by atoms with Gasteiger partial charge in [0, 0.05) is 6.54 Å². The van der Waals surface area contributed by atoms with E-state index in [2.05, 4.69) is 43.0 Å². The van der Waals surface area contributed by atoms with Gasteiger partial charge in [0.05, 0.1) is 11.4 Å². The van der Waals surface area contributed by atoms with Crippen LogP contribution < -0.4 is 11.1 Å². The molecular weight excluding hydrogens is 331 g/mol. The maximum absolute atomic E-state index is 5.88. The number of aromatic nitrogens is 4. The molecule has 1 aliphatic rings. The molecule has 0 amide bonds. The van der Waals surface area contributed by atoms with Gasteiger partial charge in [-0.3, -0.25) is 0 Å². The SMILES string of the molecule is Nc1ncnc2c1c(I)nn2[C@H]1CCCNC1.